The minimum Gasteiger partial charge on any atom is -0.391 e. The van der Waals surface area contributed by atoms with Crippen molar-refractivity contribution in [2.75, 3.05) is 21.1 Å². The van der Waals surface area contributed by atoms with Crippen molar-refractivity contribution in [3.05, 3.63) is 59.8 Å². The Morgan fingerprint density at radius 1 is 1.38 bits per heavy atom. The number of likely N-dealkylation sites (N-methyl/N-ethyl adjacent to an activating group) is 2. The fourth-order valence-electron chi connectivity index (χ4n) is 2.12. The van der Waals surface area contributed by atoms with E-state index in [4.69, 9.17) is 4.84 Å². The monoisotopic (exact) mass is 443 g/mol. The number of rotatable bonds is 5. The Kier molecular flexibility index (Phi) is 7.43. The van der Waals surface area contributed by atoms with Crippen molar-refractivity contribution in [1.29, 1.82) is 0 Å². The molecule has 1 N–H and O–H groups in total. The van der Waals surface area contributed by atoms with Crippen molar-refractivity contribution < 1.29 is 14.7 Å². The van der Waals surface area contributed by atoms with Crippen LogP contribution in [0.3, 0.4) is 0 Å². The SMILES string of the molecule is CN(C)C(=O)C1=CC=CN(C)C1(O)C=NOCc1ccccc1.I. The van der Waals surface area contributed by atoms with Gasteiger partial charge in [-0.15, -0.1) is 24.0 Å². The van der Waals surface area contributed by atoms with Gasteiger partial charge in [0.1, 0.15) is 12.8 Å². The Morgan fingerprint density at radius 2 is 2.04 bits per heavy atom. The lowest BCUT2D eigenvalue weighted by atomic mass is 9.98. The van der Waals surface area contributed by atoms with Gasteiger partial charge in [-0.3, -0.25) is 4.79 Å². The molecule has 7 heteroatoms. The second-order valence-electron chi connectivity index (χ2n) is 5.45. The Bertz CT molecular complexity index is 644. The van der Waals surface area contributed by atoms with Gasteiger partial charge in [-0.1, -0.05) is 35.5 Å². The molecule has 0 saturated carbocycles. The number of carbonyl (C=O) groups excluding carboxylic acids is 1. The summed E-state index contributed by atoms with van der Waals surface area (Å²) in [5.41, 5.74) is -0.472. The molecule has 1 unspecified atom stereocenters. The van der Waals surface area contributed by atoms with Crippen LogP contribution in [0.15, 0.2) is 59.4 Å². The fraction of sp³-hybridized carbons (Fsp3) is 0.294. The van der Waals surface area contributed by atoms with Gasteiger partial charge >= 0.3 is 0 Å². The minimum absolute atomic E-state index is 0. The number of carbonyl (C=O) groups is 1. The van der Waals surface area contributed by atoms with Gasteiger partial charge in [0.2, 0.25) is 5.72 Å². The lowest BCUT2D eigenvalue weighted by Crippen LogP contribution is -2.52. The Hall–Kier alpha value is -1.87. The summed E-state index contributed by atoms with van der Waals surface area (Å²) in [4.78, 5) is 20.4. The number of nitrogens with zero attached hydrogens (tertiary/aromatic N) is 3. The van der Waals surface area contributed by atoms with Crippen molar-refractivity contribution in [3.8, 4) is 0 Å². The Balaban J connectivity index is 0.00000288. The zero-order valence-electron chi connectivity index (χ0n) is 13.9. The van der Waals surface area contributed by atoms with E-state index in [0.29, 0.717) is 0 Å². The number of aliphatic hydroxyl groups is 1. The van der Waals surface area contributed by atoms with Crippen molar-refractivity contribution in [1.82, 2.24) is 9.80 Å². The standard InChI is InChI=1S/C17H21N3O3.HI/c1-19(2)16(21)15-10-7-11-20(3)17(15,22)13-18-23-12-14-8-5-4-6-9-14;/h4-11,13,22H,12H2,1-3H3;1H. The van der Waals surface area contributed by atoms with Crippen LogP contribution in [0.1, 0.15) is 5.56 Å². The fourth-order valence-corrected chi connectivity index (χ4v) is 2.12. The molecule has 1 heterocycles. The third kappa shape index (κ3) is 4.57. The first-order valence-corrected chi connectivity index (χ1v) is 7.21. The van der Waals surface area contributed by atoms with Crippen LogP contribution in [0, 0.1) is 0 Å². The van der Waals surface area contributed by atoms with Crippen LogP contribution in [0.2, 0.25) is 0 Å². The van der Waals surface area contributed by atoms with E-state index in [2.05, 4.69) is 5.16 Å². The maximum atomic E-state index is 12.2. The Labute approximate surface area is 159 Å². The van der Waals surface area contributed by atoms with Gasteiger partial charge in [-0.05, 0) is 17.7 Å². The van der Waals surface area contributed by atoms with Crippen LogP contribution >= 0.6 is 24.0 Å². The van der Waals surface area contributed by atoms with Crippen molar-refractivity contribution in [2.24, 2.45) is 5.16 Å². The highest BCUT2D eigenvalue weighted by Crippen LogP contribution is 2.24. The van der Waals surface area contributed by atoms with Crippen molar-refractivity contribution in [3.63, 3.8) is 0 Å². The highest BCUT2D eigenvalue weighted by atomic mass is 127. The molecule has 0 spiro atoms. The lowest BCUT2D eigenvalue weighted by molar-refractivity contribution is -0.127. The van der Waals surface area contributed by atoms with Crippen molar-refractivity contribution >= 4 is 36.1 Å². The molecule has 6 nitrogen and oxygen atoms in total. The van der Waals surface area contributed by atoms with E-state index in [1.54, 1.807) is 39.5 Å². The number of amides is 1. The van der Waals surface area contributed by atoms with Crippen LogP contribution < -0.4 is 0 Å². The number of halogens is 1. The molecule has 0 bridgehead atoms. The second kappa shape index (κ2) is 8.84. The highest BCUT2D eigenvalue weighted by Gasteiger charge is 2.39. The average Bonchev–Trinajstić information content (AvgIpc) is 2.54. The quantitative estimate of drug-likeness (QED) is 0.430. The molecule has 1 aliphatic rings. The summed E-state index contributed by atoms with van der Waals surface area (Å²) in [5, 5.41) is 14.7. The van der Waals surface area contributed by atoms with E-state index in [1.165, 1.54) is 16.0 Å². The second-order valence-corrected chi connectivity index (χ2v) is 5.45. The molecule has 0 aromatic heterocycles. The largest absolute Gasteiger partial charge is 0.391 e. The average molecular weight is 443 g/mol. The third-order valence-corrected chi connectivity index (χ3v) is 3.52. The molecule has 1 aromatic carbocycles. The molecule has 1 aromatic rings. The van der Waals surface area contributed by atoms with Crippen LogP contribution in [0.5, 0.6) is 0 Å². The van der Waals surface area contributed by atoms with Gasteiger partial charge in [-0.25, -0.2) is 0 Å². The summed E-state index contributed by atoms with van der Waals surface area (Å²) in [5.74, 6) is -0.293. The molecule has 0 radical (unpaired) electrons. The van der Waals surface area contributed by atoms with Crippen molar-refractivity contribution in [2.45, 2.75) is 12.3 Å². The summed E-state index contributed by atoms with van der Waals surface area (Å²) < 4.78 is 0. The summed E-state index contributed by atoms with van der Waals surface area (Å²) in [7, 11) is 4.92. The van der Waals surface area contributed by atoms with E-state index in [1.807, 2.05) is 30.3 Å². The maximum Gasteiger partial charge on any atom is 0.254 e. The smallest absolute Gasteiger partial charge is 0.254 e. The molecule has 0 saturated heterocycles. The molecular weight excluding hydrogens is 421 g/mol. The van der Waals surface area contributed by atoms with Crippen LogP contribution in [-0.2, 0) is 16.2 Å². The first-order chi connectivity index (χ1) is 10.9. The number of hydrogen-bond acceptors (Lipinski definition) is 5. The summed E-state index contributed by atoms with van der Waals surface area (Å²) in [6.07, 6.45) is 6.16. The van der Waals surface area contributed by atoms with Crippen LogP contribution in [0.25, 0.3) is 0 Å². The minimum atomic E-state index is -1.65. The number of benzene rings is 1. The van der Waals surface area contributed by atoms with E-state index in [0.717, 1.165) is 5.56 Å². The van der Waals surface area contributed by atoms with Crippen LogP contribution in [-0.4, -0.2) is 53.9 Å². The first-order valence-electron chi connectivity index (χ1n) is 7.21. The lowest BCUT2D eigenvalue weighted by Gasteiger charge is -2.37. The zero-order chi connectivity index (χ0) is 16.9. The first kappa shape index (κ1) is 20.2. The number of allylic oxidation sites excluding steroid dienone is 2. The molecule has 0 fully saturated rings. The van der Waals surface area contributed by atoms with E-state index >= 15 is 0 Å². The van der Waals surface area contributed by atoms with E-state index < -0.39 is 5.72 Å². The van der Waals surface area contributed by atoms with Gasteiger partial charge in [0.25, 0.3) is 5.91 Å². The van der Waals surface area contributed by atoms with Gasteiger partial charge in [0.05, 0.1) is 5.57 Å². The van der Waals surface area contributed by atoms with Gasteiger partial charge in [-0.2, -0.15) is 0 Å². The number of hydrogen-bond donors (Lipinski definition) is 1. The normalized spacial score (nSPS) is 19.7. The van der Waals surface area contributed by atoms with E-state index in [-0.39, 0.29) is 42.1 Å². The van der Waals surface area contributed by atoms with Gasteiger partial charge in [0.15, 0.2) is 0 Å². The Morgan fingerprint density at radius 3 is 2.67 bits per heavy atom. The number of oxime groups is 1. The third-order valence-electron chi connectivity index (χ3n) is 3.52. The maximum absolute atomic E-state index is 12.2. The molecule has 1 amide bonds. The molecular formula is C17H22IN3O3. The molecule has 1 aliphatic heterocycles. The molecule has 0 aliphatic carbocycles. The van der Waals surface area contributed by atoms with Gasteiger partial charge < -0.3 is 19.7 Å². The molecule has 1 atom stereocenters. The van der Waals surface area contributed by atoms with E-state index in [9.17, 15) is 9.90 Å². The molecule has 130 valence electrons. The predicted octanol–water partition coefficient (Wildman–Crippen LogP) is 1.97. The summed E-state index contributed by atoms with van der Waals surface area (Å²) >= 11 is 0. The predicted molar refractivity (Wildman–Crippen MR) is 104 cm³/mol. The van der Waals surface area contributed by atoms with Crippen LogP contribution in [0.4, 0.5) is 0 Å². The summed E-state index contributed by atoms with van der Waals surface area (Å²) in [6, 6.07) is 9.57. The van der Waals surface area contributed by atoms with Gasteiger partial charge in [0, 0.05) is 27.3 Å². The topological polar surface area (TPSA) is 65.4 Å². The summed E-state index contributed by atoms with van der Waals surface area (Å²) in [6.45, 7) is 0.285. The zero-order valence-corrected chi connectivity index (χ0v) is 16.2. The highest BCUT2D eigenvalue weighted by molar-refractivity contribution is 14.0. The molecule has 24 heavy (non-hydrogen) atoms. The molecule has 2 rings (SSSR count).